The molecule has 3 heteroatoms. The zero-order valence-corrected chi connectivity index (χ0v) is 16.4. The summed E-state index contributed by atoms with van der Waals surface area (Å²) in [7, 11) is -1.56. The summed E-state index contributed by atoms with van der Waals surface area (Å²) in [5.41, 5.74) is 3.24. The summed E-state index contributed by atoms with van der Waals surface area (Å²) in [6.45, 7) is 14.3. The van der Waals surface area contributed by atoms with Gasteiger partial charge in [0.2, 0.25) is 0 Å². The number of fused-ring (bicyclic) bond motifs is 1. The first-order valence-electron chi connectivity index (χ1n) is 9.05. The fraction of sp³-hybridized carbons (Fsp3) is 0.600. The highest BCUT2D eigenvalue weighted by molar-refractivity contribution is 6.75. The van der Waals surface area contributed by atoms with Crippen molar-refractivity contribution in [3.63, 3.8) is 0 Å². The molecule has 1 fully saturated rings. The minimum absolute atomic E-state index is 0.112. The van der Waals surface area contributed by atoms with Gasteiger partial charge in [-0.15, -0.1) is 0 Å². The minimum Gasteiger partial charge on any atom is -0.333 e. The summed E-state index contributed by atoms with van der Waals surface area (Å²) in [6, 6.07) is 10.2. The molecule has 0 bridgehead atoms. The highest BCUT2D eigenvalue weighted by atomic mass is 28.3. The first-order valence-corrected chi connectivity index (χ1v) is 12.3. The van der Waals surface area contributed by atoms with Gasteiger partial charge < -0.3 is 4.98 Å². The summed E-state index contributed by atoms with van der Waals surface area (Å²) in [4.78, 5) is 6.72. The van der Waals surface area contributed by atoms with Crippen molar-refractivity contribution >= 4 is 14.3 Å². The summed E-state index contributed by atoms with van der Waals surface area (Å²) < 4.78 is 0. The van der Waals surface area contributed by atoms with Crippen LogP contribution in [0.4, 0.5) is 0 Å². The number of hydrogen-bond acceptors (Lipinski definition) is 2. The van der Waals surface area contributed by atoms with Crippen LogP contribution in [0.1, 0.15) is 44.7 Å². The maximum atomic E-state index is 3.98. The van der Waals surface area contributed by atoms with Crippen LogP contribution in [0.2, 0.25) is 19.1 Å². The lowest BCUT2D eigenvalue weighted by Crippen LogP contribution is -2.59. The van der Waals surface area contributed by atoms with Gasteiger partial charge in [0.1, 0.15) is 8.24 Å². The van der Waals surface area contributed by atoms with Crippen molar-refractivity contribution in [2.75, 3.05) is 13.1 Å². The topological polar surface area (TPSA) is 15.3 Å². The van der Waals surface area contributed by atoms with E-state index in [-0.39, 0.29) is 11.1 Å². The van der Waals surface area contributed by atoms with E-state index in [0.29, 0.717) is 0 Å². The standard InChI is InChI=1S/C20H32N2Si/c1-19(2,3)21-23(4,5)16-20(22-14-8-9-15-22)13-12-17-10-6-7-11-18(17)20/h6-7,10-13,21H,8-9,14-16H2,1-5H3. The molecule has 0 radical (unpaired) electrons. The van der Waals surface area contributed by atoms with Crippen LogP contribution in [-0.4, -0.2) is 31.8 Å². The largest absolute Gasteiger partial charge is 0.333 e. The maximum Gasteiger partial charge on any atom is 0.122 e. The Hall–Kier alpha value is -0.903. The van der Waals surface area contributed by atoms with Gasteiger partial charge in [-0.1, -0.05) is 49.5 Å². The number of hydrogen-bond donors (Lipinski definition) is 1. The molecule has 1 unspecified atom stereocenters. The second-order valence-corrected chi connectivity index (χ2v) is 13.3. The smallest absolute Gasteiger partial charge is 0.122 e. The van der Waals surface area contributed by atoms with Gasteiger partial charge in [-0.3, -0.25) is 4.90 Å². The molecule has 1 N–H and O–H groups in total. The molecule has 1 saturated heterocycles. The van der Waals surface area contributed by atoms with Gasteiger partial charge in [0.25, 0.3) is 0 Å². The first-order chi connectivity index (χ1) is 10.7. The Labute approximate surface area is 143 Å². The van der Waals surface area contributed by atoms with E-state index in [9.17, 15) is 0 Å². The highest BCUT2D eigenvalue weighted by Crippen LogP contribution is 2.45. The van der Waals surface area contributed by atoms with E-state index in [2.05, 4.69) is 80.2 Å². The number of benzene rings is 1. The second kappa shape index (κ2) is 5.87. The Bertz CT molecular complexity index is 594. The van der Waals surface area contributed by atoms with Gasteiger partial charge in [-0.2, -0.15) is 0 Å². The Morgan fingerprint density at radius 2 is 1.78 bits per heavy atom. The van der Waals surface area contributed by atoms with Crippen molar-refractivity contribution in [3.8, 4) is 0 Å². The Balaban J connectivity index is 1.97. The lowest BCUT2D eigenvalue weighted by molar-refractivity contribution is 0.186. The predicted molar refractivity (Wildman–Crippen MR) is 103 cm³/mol. The van der Waals surface area contributed by atoms with Crippen molar-refractivity contribution in [1.82, 2.24) is 9.88 Å². The average Bonchev–Trinajstić information content (AvgIpc) is 3.05. The monoisotopic (exact) mass is 328 g/mol. The molecule has 23 heavy (non-hydrogen) atoms. The molecule has 1 aliphatic carbocycles. The number of likely N-dealkylation sites (tertiary alicyclic amines) is 1. The van der Waals surface area contributed by atoms with Crippen LogP contribution in [0, 0.1) is 0 Å². The third-order valence-corrected chi connectivity index (χ3v) is 7.91. The van der Waals surface area contributed by atoms with Gasteiger partial charge in [0.05, 0.1) is 5.54 Å². The molecule has 0 spiro atoms. The molecule has 126 valence electrons. The predicted octanol–water partition coefficient (Wildman–Crippen LogP) is 4.60. The molecule has 1 atom stereocenters. The molecule has 2 nitrogen and oxygen atoms in total. The van der Waals surface area contributed by atoms with E-state index in [4.69, 9.17) is 0 Å². The molecule has 1 aliphatic heterocycles. The molecule has 0 aromatic heterocycles. The summed E-state index contributed by atoms with van der Waals surface area (Å²) in [6.07, 6.45) is 7.54. The van der Waals surface area contributed by atoms with Gasteiger partial charge >= 0.3 is 0 Å². The number of rotatable bonds is 4. The minimum atomic E-state index is -1.56. The Morgan fingerprint density at radius 3 is 2.43 bits per heavy atom. The third kappa shape index (κ3) is 3.47. The van der Waals surface area contributed by atoms with Crippen LogP contribution in [0.5, 0.6) is 0 Å². The summed E-state index contributed by atoms with van der Waals surface area (Å²) >= 11 is 0. The average molecular weight is 329 g/mol. The van der Waals surface area contributed by atoms with Crippen LogP contribution in [0.15, 0.2) is 30.3 Å². The summed E-state index contributed by atoms with van der Waals surface area (Å²) in [5, 5.41) is 0. The van der Waals surface area contributed by atoms with Crippen LogP contribution in [-0.2, 0) is 5.54 Å². The second-order valence-electron chi connectivity index (χ2n) is 8.97. The van der Waals surface area contributed by atoms with Crippen molar-refractivity contribution < 1.29 is 0 Å². The van der Waals surface area contributed by atoms with Crippen LogP contribution >= 0.6 is 0 Å². The maximum absolute atomic E-state index is 3.98. The van der Waals surface area contributed by atoms with E-state index in [1.807, 2.05) is 0 Å². The molecule has 0 saturated carbocycles. The molecule has 1 aromatic carbocycles. The molecule has 0 amide bonds. The molecule has 1 heterocycles. The van der Waals surface area contributed by atoms with Gasteiger partial charge in [-0.05, 0) is 63.9 Å². The quantitative estimate of drug-likeness (QED) is 0.813. The van der Waals surface area contributed by atoms with Gasteiger partial charge in [0, 0.05) is 5.54 Å². The fourth-order valence-corrected chi connectivity index (χ4v) is 8.74. The molecule has 2 aliphatic rings. The van der Waals surface area contributed by atoms with Crippen molar-refractivity contribution in [2.45, 2.75) is 63.8 Å². The van der Waals surface area contributed by atoms with E-state index in [0.717, 1.165) is 0 Å². The molecular weight excluding hydrogens is 296 g/mol. The van der Waals surface area contributed by atoms with Gasteiger partial charge in [0.15, 0.2) is 0 Å². The zero-order valence-electron chi connectivity index (χ0n) is 15.4. The fourth-order valence-electron chi connectivity index (χ4n) is 4.74. The van der Waals surface area contributed by atoms with Crippen molar-refractivity contribution in [1.29, 1.82) is 0 Å². The van der Waals surface area contributed by atoms with Crippen LogP contribution in [0.3, 0.4) is 0 Å². The van der Waals surface area contributed by atoms with Crippen LogP contribution < -0.4 is 4.98 Å². The Morgan fingerprint density at radius 1 is 1.13 bits per heavy atom. The van der Waals surface area contributed by atoms with Crippen molar-refractivity contribution in [3.05, 3.63) is 41.5 Å². The Kier molecular flexibility index (Phi) is 4.32. The van der Waals surface area contributed by atoms with E-state index in [1.54, 1.807) is 0 Å². The lowest BCUT2D eigenvalue weighted by Gasteiger charge is -2.45. The van der Waals surface area contributed by atoms with E-state index in [1.165, 1.54) is 43.1 Å². The SMILES string of the molecule is CC(C)(C)N[Si](C)(C)CC1(N2CCCC2)C=Cc2ccccc21. The van der Waals surface area contributed by atoms with Crippen LogP contribution in [0.25, 0.3) is 6.08 Å². The summed E-state index contributed by atoms with van der Waals surface area (Å²) in [5.74, 6) is 0. The molecule has 3 rings (SSSR count). The first kappa shape index (κ1) is 16.9. The number of nitrogens with one attached hydrogen (secondary N) is 1. The lowest BCUT2D eigenvalue weighted by atomic mass is 9.92. The van der Waals surface area contributed by atoms with Gasteiger partial charge in [-0.25, -0.2) is 0 Å². The molecule has 1 aromatic rings. The number of nitrogens with zero attached hydrogens (tertiary/aromatic N) is 1. The normalized spacial score (nSPS) is 25.1. The highest BCUT2D eigenvalue weighted by Gasteiger charge is 2.46. The zero-order chi connectivity index (χ0) is 16.7. The third-order valence-electron chi connectivity index (χ3n) is 5.06. The molecular formula is C20H32N2Si. The van der Waals surface area contributed by atoms with E-state index < -0.39 is 8.24 Å². The van der Waals surface area contributed by atoms with E-state index >= 15 is 0 Å². The van der Waals surface area contributed by atoms with Crippen molar-refractivity contribution in [2.24, 2.45) is 0 Å².